The number of hydrazone groups is 1. The molecule has 1 aliphatic heterocycles. The van der Waals surface area contributed by atoms with Crippen molar-refractivity contribution in [2.75, 3.05) is 6.79 Å². The van der Waals surface area contributed by atoms with Crippen molar-refractivity contribution < 1.29 is 14.3 Å². The van der Waals surface area contributed by atoms with Crippen LogP contribution in [0, 0.1) is 0 Å². The van der Waals surface area contributed by atoms with Crippen LogP contribution in [0.2, 0.25) is 0 Å². The molecule has 1 amide bonds. The second-order valence-electron chi connectivity index (χ2n) is 4.57. The first-order chi connectivity index (χ1) is 10.2. The second kappa shape index (κ2) is 5.66. The maximum atomic E-state index is 11.9. The van der Waals surface area contributed by atoms with Gasteiger partial charge in [-0.1, -0.05) is 18.2 Å². The van der Waals surface area contributed by atoms with Crippen molar-refractivity contribution in [1.82, 2.24) is 5.43 Å². The second-order valence-corrected chi connectivity index (χ2v) is 4.57. The van der Waals surface area contributed by atoms with Crippen molar-refractivity contribution in [2.24, 2.45) is 5.10 Å². The molecule has 1 heterocycles. The Kier molecular flexibility index (Phi) is 3.55. The summed E-state index contributed by atoms with van der Waals surface area (Å²) in [6.45, 7) is 2.06. The zero-order valence-electron chi connectivity index (χ0n) is 11.5. The minimum absolute atomic E-state index is 0.236. The molecule has 3 rings (SSSR count). The summed E-state index contributed by atoms with van der Waals surface area (Å²) in [4.78, 5) is 11.9. The highest BCUT2D eigenvalue weighted by molar-refractivity contribution is 6.01. The number of rotatable bonds is 3. The Bertz CT molecular complexity index is 696. The minimum atomic E-state index is -0.240. The van der Waals surface area contributed by atoms with Gasteiger partial charge in [0.1, 0.15) is 0 Å². The quantitative estimate of drug-likeness (QED) is 0.695. The van der Waals surface area contributed by atoms with Crippen molar-refractivity contribution in [2.45, 2.75) is 6.92 Å². The molecule has 0 spiro atoms. The number of hydrogen-bond donors (Lipinski definition) is 1. The predicted octanol–water partition coefficient (Wildman–Crippen LogP) is 2.57. The van der Waals surface area contributed by atoms with Crippen LogP contribution in [0.1, 0.15) is 22.8 Å². The van der Waals surface area contributed by atoms with E-state index >= 15 is 0 Å². The van der Waals surface area contributed by atoms with Crippen LogP contribution in [-0.4, -0.2) is 18.4 Å². The number of carbonyl (C=O) groups excluding carboxylic acids is 1. The third-order valence-corrected chi connectivity index (χ3v) is 3.15. The SMILES string of the molecule is C/C(=N\NC(=O)c1ccccc1)c1ccc2c(c1)OCO2. The summed E-state index contributed by atoms with van der Waals surface area (Å²) in [6, 6.07) is 14.5. The Labute approximate surface area is 122 Å². The van der Waals surface area contributed by atoms with Gasteiger partial charge < -0.3 is 9.47 Å². The zero-order chi connectivity index (χ0) is 14.7. The van der Waals surface area contributed by atoms with Gasteiger partial charge in [0.05, 0.1) is 5.71 Å². The molecule has 0 unspecified atom stereocenters. The molecule has 5 heteroatoms. The van der Waals surface area contributed by atoms with E-state index in [2.05, 4.69) is 10.5 Å². The Morgan fingerprint density at radius 3 is 2.62 bits per heavy atom. The van der Waals surface area contributed by atoms with Gasteiger partial charge in [-0.05, 0) is 37.3 Å². The number of carbonyl (C=O) groups is 1. The summed E-state index contributed by atoms with van der Waals surface area (Å²) in [5.41, 5.74) is 4.67. The average molecular weight is 282 g/mol. The fraction of sp³-hybridized carbons (Fsp3) is 0.125. The van der Waals surface area contributed by atoms with E-state index in [1.54, 1.807) is 12.1 Å². The van der Waals surface area contributed by atoms with Crippen molar-refractivity contribution in [1.29, 1.82) is 0 Å². The summed E-state index contributed by atoms with van der Waals surface area (Å²) in [6.07, 6.45) is 0. The molecule has 0 fully saturated rings. The first kappa shape index (κ1) is 13.2. The van der Waals surface area contributed by atoms with Crippen molar-refractivity contribution >= 4 is 11.6 Å². The fourth-order valence-corrected chi connectivity index (χ4v) is 1.97. The molecule has 0 atom stereocenters. The highest BCUT2D eigenvalue weighted by Gasteiger charge is 2.14. The van der Waals surface area contributed by atoms with Crippen molar-refractivity contribution in [3.05, 3.63) is 59.7 Å². The number of amides is 1. The van der Waals surface area contributed by atoms with Gasteiger partial charge in [0.15, 0.2) is 11.5 Å². The average Bonchev–Trinajstić information content (AvgIpc) is 3.00. The molecular weight excluding hydrogens is 268 g/mol. The lowest BCUT2D eigenvalue weighted by Gasteiger charge is -2.04. The minimum Gasteiger partial charge on any atom is -0.454 e. The summed E-state index contributed by atoms with van der Waals surface area (Å²) < 4.78 is 10.6. The number of ether oxygens (including phenoxy) is 2. The molecule has 0 bridgehead atoms. The summed E-state index contributed by atoms with van der Waals surface area (Å²) in [5, 5.41) is 4.12. The predicted molar refractivity (Wildman–Crippen MR) is 78.7 cm³/mol. The number of benzene rings is 2. The van der Waals surface area contributed by atoms with Crippen LogP contribution in [0.4, 0.5) is 0 Å². The van der Waals surface area contributed by atoms with Gasteiger partial charge in [-0.2, -0.15) is 5.10 Å². The lowest BCUT2D eigenvalue weighted by molar-refractivity contribution is 0.0955. The van der Waals surface area contributed by atoms with Gasteiger partial charge in [-0.15, -0.1) is 0 Å². The molecule has 1 aliphatic rings. The monoisotopic (exact) mass is 282 g/mol. The van der Waals surface area contributed by atoms with Gasteiger partial charge >= 0.3 is 0 Å². The number of fused-ring (bicyclic) bond motifs is 1. The lowest BCUT2D eigenvalue weighted by Crippen LogP contribution is -2.19. The Hall–Kier alpha value is -2.82. The van der Waals surface area contributed by atoms with E-state index in [0.29, 0.717) is 17.0 Å². The van der Waals surface area contributed by atoms with E-state index in [1.807, 2.05) is 43.3 Å². The van der Waals surface area contributed by atoms with E-state index in [9.17, 15) is 4.79 Å². The molecular formula is C16H14N2O3. The normalized spacial score (nSPS) is 13.1. The summed E-state index contributed by atoms with van der Waals surface area (Å²) >= 11 is 0. The molecule has 0 radical (unpaired) electrons. The van der Waals surface area contributed by atoms with Crippen LogP contribution in [0.5, 0.6) is 11.5 Å². The number of nitrogens with one attached hydrogen (secondary N) is 1. The molecule has 21 heavy (non-hydrogen) atoms. The van der Waals surface area contributed by atoms with Crippen LogP contribution in [0.25, 0.3) is 0 Å². The summed E-state index contributed by atoms with van der Waals surface area (Å²) in [7, 11) is 0. The smallest absolute Gasteiger partial charge is 0.271 e. The molecule has 2 aromatic carbocycles. The van der Waals surface area contributed by atoms with Gasteiger partial charge in [0.25, 0.3) is 5.91 Å². The first-order valence-electron chi connectivity index (χ1n) is 6.54. The van der Waals surface area contributed by atoms with E-state index in [1.165, 1.54) is 0 Å². The molecule has 2 aromatic rings. The molecule has 1 N–H and O–H groups in total. The standard InChI is InChI=1S/C16H14N2O3/c1-11(13-7-8-14-15(9-13)21-10-20-14)17-18-16(19)12-5-3-2-4-6-12/h2-9H,10H2,1H3,(H,18,19)/b17-11+. The first-order valence-corrected chi connectivity index (χ1v) is 6.54. The van der Waals surface area contributed by atoms with Gasteiger partial charge in [0, 0.05) is 11.1 Å². The fourth-order valence-electron chi connectivity index (χ4n) is 1.97. The van der Waals surface area contributed by atoms with E-state index in [0.717, 1.165) is 11.3 Å². The van der Waals surface area contributed by atoms with Gasteiger partial charge in [-0.3, -0.25) is 4.79 Å². The third-order valence-electron chi connectivity index (χ3n) is 3.15. The van der Waals surface area contributed by atoms with Crippen LogP contribution < -0.4 is 14.9 Å². The van der Waals surface area contributed by atoms with Gasteiger partial charge in [-0.25, -0.2) is 5.43 Å². The number of nitrogens with zero attached hydrogens (tertiary/aromatic N) is 1. The molecule has 106 valence electrons. The van der Waals surface area contributed by atoms with E-state index in [4.69, 9.17) is 9.47 Å². The van der Waals surface area contributed by atoms with Crippen molar-refractivity contribution in [3.8, 4) is 11.5 Å². The topological polar surface area (TPSA) is 59.9 Å². The molecule has 0 aromatic heterocycles. The lowest BCUT2D eigenvalue weighted by atomic mass is 10.1. The van der Waals surface area contributed by atoms with E-state index in [-0.39, 0.29) is 12.7 Å². The van der Waals surface area contributed by atoms with Crippen LogP contribution in [-0.2, 0) is 0 Å². The Morgan fingerprint density at radius 2 is 1.81 bits per heavy atom. The molecule has 0 aliphatic carbocycles. The highest BCUT2D eigenvalue weighted by Crippen LogP contribution is 2.32. The summed E-state index contributed by atoms with van der Waals surface area (Å²) in [5.74, 6) is 1.17. The molecule has 0 saturated carbocycles. The number of hydrogen-bond acceptors (Lipinski definition) is 4. The maximum absolute atomic E-state index is 11.9. The van der Waals surface area contributed by atoms with Crippen molar-refractivity contribution in [3.63, 3.8) is 0 Å². The van der Waals surface area contributed by atoms with Crippen LogP contribution in [0.3, 0.4) is 0 Å². The zero-order valence-corrected chi connectivity index (χ0v) is 11.5. The molecule has 5 nitrogen and oxygen atoms in total. The van der Waals surface area contributed by atoms with Gasteiger partial charge in [0.2, 0.25) is 6.79 Å². The third kappa shape index (κ3) is 2.86. The van der Waals surface area contributed by atoms with E-state index < -0.39 is 0 Å². The maximum Gasteiger partial charge on any atom is 0.271 e. The molecule has 0 saturated heterocycles. The Morgan fingerprint density at radius 1 is 1.05 bits per heavy atom. The highest BCUT2D eigenvalue weighted by atomic mass is 16.7. The van der Waals surface area contributed by atoms with Crippen LogP contribution in [0.15, 0.2) is 53.6 Å². The Balaban J connectivity index is 1.73. The largest absolute Gasteiger partial charge is 0.454 e. The van der Waals surface area contributed by atoms with Crippen LogP contribution >= 0.6 is 0 Å².